The van der Waals surface area contributed by atoms with Gasteiger partial charge in [0.2, 0.25) is 0 Å². The first-order valence-electron chi connectivity index (χ1n) is 6.64. The molecule has 1 aromatic rings. The Morgan fingerprint density at radius 3 is 2.47 bits per heavy atom. The van der Waals surface area contributed by atoms with Crippen LogP contribution in [0.15, 0.2) is 18.2 Å². The van der Waals surface area contributed by atoms with E-state index in [9.17, 15) is 8.78 Å². The second kappa shape index (κ2) is 5.88. The van der Waals surface area contributed by atoms with E-state index in [1.165, 1.54) is 0 Å². The van der Waals surface area contributed by atoms with Crippen molar-refractivity contribution in [2.75, 3.05) is 0 Å². The molecule has 4 heteroatoms. The van der Waals surface area contributed by atoms with Gasteiger partial charge in [0.25, 0.3) is 0 Å². The van der Waals surface area contributed by atoms with Gasteiger partial charge >= 0.3 is 0 Å². The van der Waals surface area contributed by atoms with Gasteiger partial charge in [-0.2, -0.15) is 0 Å². The molecule has 0 spiro atoms. The second-order valence-electron chi connectivity index (χ2n) is 5.42. The van der Waals surface area contributed by atoms with E-state index in [2.05, 4.69) is 29.8 Å². The van der Waals surface area contributed by atoms with Gasteiger partial charge in [0.1, 0.15) is 0 Å². The van der Waals surface area contributed by atoms with Crippen LogP contribution in [0.2, 0.25) is 0 Å². The number of hydrogen-bond donors (Lipinski definition) is 0. The minimum absolute atomic E-state index is 0.0822. The minimum Gasteiger partial charge on any atom is -0.375 e. The number of ether oxygens (including phenoxy) is 1. The molecule has 0 radical (unpaired) electrons. The Morgan fingerprint density at radius 2 is 1.89 bits per heavy atom. The average Bonchev–Trinajstić information content (AvgIpc) is 2.59. The van der Waals surface area contributed by atoms with Crippen molar-refractivity contribution in [1.29, 1.82) is 0 Å². The molecule has 0 aromatic heterocycles. The van der Waals surface area contributed by atoms with Gasteiger partial charge < -0.3 is 4.74 Å². The average molecular weight is 333 g/mol. The van der Waals surface area contributed by atoms with Crippen LogP contribution in [0.1, 0.15) is 26.3 Å². The first-order chi connectivity index (χ1) is 8.91. The molecule has 2 rings (SSSR count). The SMILES string of the molecule is CC1OC(C)C(C(Br)Cc2cccc(F)c2F)C1C. The van der Waals surface area contributed by atoms with Crippen LogP contribution in [0.4, 0.5) is 8.78 Å². The molecule has 1 aliphatic heterocycles. The summed E-state index contributed by atoms with van der Waals surface area (Å²) in [7, 11) is 0. The molecule has 5 unspecified atom stereocenters. The maximum Gasteiger partial charge on any atom is 0.162 e. The van der Waals surface area contributed by atoms with Gasteiger partial charge in [0.15, 0.2) is 11.6 Å². The largest absolute Gasteiger partial charge is 0.375 e. The first-order valence-corrected chi connectivity index (χ1v) is 7.55. The Labute approximate surface area is 121 Å². The molecule has 1 fully saturated rings. The topological polar surface area (TPSA) is 9.23 Å². The van der Waals surface area contributed by atoms with Gasteiger partial charge in [-0.3, -0.25) is 0 Å². The maximum absolute atomic E-state index is 13.7. The van der Waals surface area contributed by atoms with Gasteiger partial charge in [0.05, 0.1) is 12.2 Å². The van der Waals surface area contributed by atoms with E-state index in [0.717, 1.165) is 6.07 Å². The molecule has 1 aromatic carbocycles. The van der Waals surface area contributed by atoms with Crippen molar-refractivity contribution in [2.24, 2.45) is 11.8 Å². The van der Waals surface area contributed by atoms with Crippen molar-refractivity contribution in [3.05, 3.63) is 35.4 Å². The van der Waals surface area contributed by atoms with Gasteiger partial charge in [-0.15, -0.1) is 0 Å². The highest BCUT2D eigenvalue weighted by Crippen LogP contribution is 2.38. The van der Waals surface area contributed by atoms with Crippen molar-refractivity contribution < 1.29 is 13.5 Å². The van der Waals surface area contributed by atoms with Crippen LogP contribution in [-0.4, -0.2) is 17.0 Å². The zero-order valence-electron chi connectivity index (χ0n) is 11.4. The number of halogens is 3. The quantitative estimate of drug-likeness (QED) is 0.748. The van der Waals surface area contributed by atoms with Crippen molar-refractivity contribution in [2.45, 2.75) is 44.2 Å². The Balaban J connectivity index is 2.13. The summed E-state index contributed by atoms with van der Waals surface area (Å²) >= 11 is 3.64. The number of hydrogen-bond acceptors (Lipinski definition) is 1. The van der Waals surface area contributed by atoms with Gasteiger partial charge in [-0.25, -0.2) is 8.78 Å². The van der Waals surface area contributed by atoms with Crippen LogP contribution in [0, 0.1) is 23.5 Å². The van der Waals surface area contributed by atoms with Crippen molar-refractivity contribution >= 4 is 15.9 Å². The number of alkyl halides is 1. The molecule has 1 saturated heterocycles. The molecular weight excluding hydrogens is 314 g/mol. The van der Waals surface area contributed by atoms with E-state index in [0.29, 0.717) is 23.8 Å². The summed E-state index contributed by atoms with van der Waals surface area (Å²) in [6.07, 6.45) is 0.808. The number of rotatable bonds is 3. The monoisotopic (exact) mass is 332 g/mol. The van der Waals surface area contributed by atoms with E-state index >= 15 is 0 Å². The molecule has 0 saturated carbocycles. The third-order valence-electron chi connectivity index (χ3n) is 4.18. The molecule has 0 bridgehead atoms. The highest BCUT2D eigenvalue weighted by atomic mass is 79.9. The predicted molar refractivity (Wildman–Crippen MR) is 75.4 cm³/mol. The lowest BCUT2D eigenvalue weighted by molar-refractivity contribution is 0.0511. The van der Waals surface area contributed by atoms with Gasteiger partial charge in [-0.1, -0.05) is 35.0 Å². The summed E-state index contributed by atoms with van der Waals surface area (Å²) in [5, 5.41) is 0. The molecule has 0 amide bonds. The predicted octanol–water partition coefficient (Wildman–Crippen LogP) is 4.33. The Bertz CT molecular complexity index is 452. The highest BCUT2D eigenvalue weighted by molar-refractivity contribution is 9.09. The lowest BCUT2D eigenvalue weighted by Crippen LogP contribution is -2.28. The van der Waals surface area contributed by atoms with Crippen LogP contribution in [-0.2, 0) is 11.2 Å². The van der Waals surface area contributed by atoms with E-state index in [1.54, 1.807) is 12.1 Å². The molecule has 0 aliphatic carbocycles. The molecule has 1 aliphatic rings. The van der Waals surface area contributed by atoms with E-state index in [4.69, 9.17) is 4.74 Å². The summed E-state index contributed by atoms with van der Waals surface area (Å²) in [6.45, 7) is 6.25. The summed E-state index contributed by atoms with van der Waals surface area (Å²) in [4.78, 5) is 0.0822. The van der Waals surface area contributed by atoms with Crippen LogP contribution in [0.3, 0.4) is 0 Å². The van der Waals surface area contributed by atoms with E-state index in [1.807, 2.05) is 6.92 Å². The summed E-state index contributed by atoms with van der Waals surface area (Å²) < 4.78 is 32.7. The smallest absolute Gasteiger partial charge is 0.162 e. The fourth-order valence-electron chi connectivity index (χ4n) is 2.97. The fraction of sp³-hybridized carbons (Fsp3) is 0.600. The summed E-state index contributed by atoms with van der Waals surface area (Å²) in [5.41, 5.74) is 0.417. The lowest BCUT2D eigenvalue weighted by Gasteiger charge is -2.24. The third-order valence-corrected chi connectivity index (χ3v) is 5.12. The van der Waals surface area contributed by atoms with Crippen molar-refractivity contribution in [3.63, 3.8) is 0 Å². The summed E-state index contributed by atoms with van der Waals surface area (Å²) in [6, 6.07) is 4.34. The molecule has 0 N–H and O–H groups in total. The molecule has 106 valence electrons. The maximum atomic E-state index is 13.7. The fourth-order valence-corrected chi connectivity index (χ4v) is 4.23. The van der Waals surface area contributed by atoms with Crippen LogP contribution < -0.4 is 0 Å². The van der Waals surface area contributed by atoms with Crippen LogP contribution >= 0.6 is 15.9 Å². The zero-order chi connectivity index (χ0) is 14.2. The van der Waals surface area contributed by atoms with E-state index in [-0.39, 0.29) is 17.0 Å². The van der Waals surface area contributed by atoms with Gasteiger partial charge in [0, 0.05) is 10.7 Å². The Morgan fingerprint density at radius 1 is 1.21 bits per heavy atom. The highest BCUT2D eigenvalue weighted by Gasteiger charge is 2.40. The minimum atomic E-state index is -0.783. The Kier molecular flexibility index (Phi) is 4.62. The third kappa shape index (κ3) is 3.00. The van der Waals surface area contributed by atoms with Crippen molar-refractivity contribution in [3.8, 4) is 0 Å². The summed E-state index contributed by atoms with van der Waals surface area (Å²) in [5.74, 6) is -0.817. The molecular formula is C15H19BrF2O. The van der Waals surface area contributed by atoms with E-state index < -0.39 is 11.6 Å². The first kappa shape index (κ1) is 14.9. The molecule has 1 heterocycles. The molecule has 5 atom stereocenters. The van der Waals surface area contributed by atoms with Crippen molar-refractivity contribution in [1.82, 2.24) is 0 Å². The normalized spacial score (nSPS) is 32.5. The standard InChI is InChI=1S/C15H19BrF2O/c1-8-9(2)19-10(3)14(8)12(16)7-11-5-4-6-13(17)15(11)18/h4-6,8-10,12,14H,7H2,1-3H3. The lowest BCUT2D eigenvalue weighted by atomic mass is 9.85. The van der Waals surface area contributed by atoms with Crippen LogP contribution in [0.5, 0.6) is 0 Å². The zero-order valence-corrected chi connectivity index (χ0v) is 13.0. The second-order valence-corrected chi connectivity index (χ2v) is 6.59. The van der Waals surface area contributed by atoms with Crippen LogP contribution in [0.25, 0.3) is 0 Å². The Hall–Kier alpha value is -0.480. The molecule has 19 heavy (non-hydrogen) atoms. The molecule has 1 nitrogen and oxygen atoms in total. The van der Waals surface area contributed by atoms with Gasteiger partial charge in [-0.05, 0) is 37.8 Å². The number of benzene rings is 1.